The van der Waals surface area contributed by atoms with E-state index in [0.29, 0.717) is 18.4 Å². The van der Waals surface area contributed by atoms with Crippen molar-refractivity contribution in [2.24, 2.45) is 0 Å². The molecule has 30 heavy (non-hydrogen) atoms. The van der Waals surface area contributed by atoms with Crippen LogP contribution in [0.4, 0.5) is 23.7 Å². The van der Waals surface area contributed by atoms with Gasteiger partial charge in [0.1, 0.15) is 12.1 Å². The van der Waals surface area contributed by atoms with Gasteiger partial charge in [-0.15, -0.1) is 0 Å². The number of nitrogens with zero attached hydrogens (tertiary/aromatic N) is 1. The summed E-state index contributed by atoms with van der Waals surface area (Å²) in [5, 5.41) is 5.12. The number of nitrogens with one attached hydrogen (secondary N) is 2. The van der Waals surface area contributed by atoms with E-state index in [0.717, 1.165) is 29.2 Å². The molecule has 3 rings (SSSR count). The van der Waals surface area contributed by atoms with Gasteiger partial charge in [0.25, 0.3) is 5.91 Å². The molecule has 2 aromatic carbocycles. The third-order valence-electron chi connectivity index (χ3n) is 4.87. The molecule has 6 nitrogen and oxygen atoms in total. The molecule has 1 unspecified atom stereocenters. The maximum atomic E-state index is 13.1. The summed E-state index contributed by atoms with van der Waals surface area (Å²) in [5.41, 5.74) is -1.34. The fourth-order valence-electron chi connectivity index (χ4n) is 3.46. The van der Waals surface area contributed by atoms with E-state index in [-0.39, 0.29) is 5.69 Å². The fraction of sp³-hybridized carbons (Fsp3) is 0.286. The minimum Gasteiger partial charge on any atom is -0.325 e. The second kappa shape index (κ2) is 8.17. The molecule has 0 bridgehead atoms. The number of anilines is 1. The molecule has 0 aromatic heterocycles. The minimum absolute atomic E-state index is 0.128. The van der Waals surface area contributed by atoms with Gasteiger partial charge in [-0.3, -0.25) is 14.5 Å². The molecule has 1 atom stereocenters. The van der Waals surface area contributed by atoms with Gasteiger partial charge < -0.3 is 10.6 Å². The monoisotopic (exact) mass is 419 g/mol. The Bertz CT molecular complexity index is 945. The number of imide groups is 1. The highest BCUT2D eigenvalue weighted by Gasteiger charge is 2.52. The molecule has 0 saturated carbocycles. The van der Waals surface area contributed by atoms with Crippen LogP contribution >= 0.6 is 0 Å². The number of hydrogen-bond donors (Lipinski definition) is 2. The summed E-state index contributed by atoms with van der Waals surface area (Å²) < 4.78 is 37.9. The largest absolute Gasteiger partial charge is 0.416 e. The Balaban J connectivity index is 1.74. The van der Waals surface area contributed by atoms with Crippen molar-refractivity contribution < 1.29 is 27.6 Å². The van der Waals surface area contributed by atoms with Gasteiger partial charge in [-0.05, 0) is 36.2 Å². The Morgan fingerprint density at radius 1 is 1.07 bits per heavy atom. The van der Waals surface area contributed by atoms with E-state index in [2.05, 4.69) is 10.6 Å². The Morgan fingerprint density at radius 3 is 2.27 bits per heavy atom. The first-order valence-electron chi connectivity index (χ1n) is 9.34. The molecule has 9 heteroatoms. The van der Waals surface area contributed by atoms with Gasteiger partial charge in [-0.25, -0.2) is 4.79 Å². The normalized spacial score (nSPS) is 19.0. The smallest absolute Gasteiger partial charge is 0.325 e. The number of benzene rings is 2. The summed E-state index contributed by atoms with van der Waals surface area (Å²) >= 11 is 0. The highest BCUT2D eigenvalue weighted by atomic mass is 19.4. The maximum absolute atomic E-state index is 13.1. The summed E-state index contributed by atoms with van der Waals surface area (Å²) in [5.74, 6) is -1.23. The minimum atomic E-state index is -4.48. The second-order valence-electron chi connectivity index (χ2n) is 6.97. The first kappa shape index (κ1) is 21.4. The number of urea groups is 1. The average molecular weight is 419 g/mol. The number of carbonyl (C=O) groups is 3. The van der Waals surface area contributed by atoms with Gasteiger partial charge in [0.15, 0.2) is 0 Å². The van der Waals surface area contributed by atoms with E-state index in [1.807, 2.05) is 6.92 Å². The Morgan fingerprint density at radius 2 is 1.70 bits per heavy atom. The highest BCUT2D eigenvalue weighted by molar-refractivity contribution is 6.10. The van der Waals surface area contributed by atoms with Crippen molar-refractivity contribution in [3.63, 3.8) is 0 Å². The highest BCUT2D eigenvalue weighted by Crippen LogP contribution is 2.34. The van der Waals surface area contributed by atoms with Crippen LogP contribution in [-0.4, -0.2) is 29.3 Å². The quantitative estimate of drug-likeness (QED) is 0.698. The maximum Gasteiger partial charge on any atom is 0.416 e. The molecule has 1 heterocycles. The van der Waals surface area contributed by atoms with Crippen molar-refractivity contribution in [1.82, 2.24) is 10.2 Å². The van der Waals surface area contributed by atoms with Crippen LogP contribution < -0.4 is 10.6 Å². The van der Waals surface area contributed by atoms with Crippen molar-refractivity contribution in [3.8, 4) is 0 Å². The number of hydrogen-bond acceptors (Lipinski definition) is 3. The van der Waals surface area contributed by atoms with Gasteiger partial charge in [0.05, 0.1) is 5.56 Å². The molecule has 1 aliphatic rings. The van der Waals surface area contributed by atoms with Crippen molar-refractivity contribution in [2.45, 2.75) is 31.5 Å². The number of alkyl halides is 3. The van der Waals surface area contributed by atoms with Crippen LogP contribution in [0.2, 0.25) is 0 Å². The molecule has 4 amide bonds. The number of amides is 4. The predicted octanol–water partition coefficient (Wildman–Crippen LogP) is 3.89. The lowest BCUT2D eigenvalue weighted by molar-refractivity contribution is -0.137. The zero-order valence-electron chi connectivity index (χ0n) is 16.1. The van der Waals surface area contributed by atoms with E-state index < -0.39 is 41.7 Å². The number of halogens is 3. The van der Waals surface area contributed by atoms with E-state index in [1.165, 1.54) is 0 Å². The number of carbonyl (C=O) groups excluding carboxylic acids is 3. The van der Waals surface area contributed by atoms with Gasteiger partial charge in [0.2, 0.25) is 5.91 Å². The van der Waals surface area contributed by atoms with Crippen molar-refractivity contribution >= 4 is 23.5 Å². The summed E-state index contributed by atoms with van der Waals surface area (Å²) in [7, 11) is 0. The molecule has 0 spiro atoms. The molecule has 1 aliphatic heterocycles. The molecule has 1 saturated heterocycles. The van der Waals surface area contributed by atoms with Gasteiger partial charge in [-0.1, -0.05) is 43.7 Å². The van der Waals surface area contributed by atoms with Crippen LogP contribution in [0.1, 0.15) is 30.9 Å². The SMILES string of the molecule is CCCC1(c2ccccc2)NC(=O)N(CC(=O)Nc2ccc(C(F)(F)F)cc2)C1=O. The van der Waals surface area contributed by atoms with E-state index in [4.69, 9.17) is 0 Å². The second-order valence-corrected chi connectivity index (χ2v) is 6.97. The molecule has 158 valence electrons. The molecule has 0 radical (unpaired) electrons. The lowest BCUT2D eigenvalue weighted by Crippen LogP contribution is -2.44. The molecule has 2 aromatic rings. The van der Waals surface area contributed by atoms with Crippen LogP contribution in [0.25, 0.3) is 0 Å². The summed E-state index contributed by atoms with van der Waals surface area (Å²) in [6, 6.07) is 12.0. The van der Waals surface area contributed by atoms with E-state index in [9.17, 15) is 27.6 Å². The average Bonchev–Trinajstić information content (AvgIpc) is 2.94. The molecule has 0 aliphatic carbocycles. The Hall–Kier alpha value is -3.36. The fourth-order valence-corrected chi connectivity index (χ4v) is 3.46. The van der Waals surface area contributed by atoms with Crippen LogP contribution in [0.5, 0.6) is 0 Å². The summed E-state index contributed by atoms with van der Waals surface area (Å²) in [6.45, 7) is 1.33. The Kier molecular flexibility index (Phi) is 5.82. The molecular weight excluding hydrogens is 399 g/mol. The van der Waals surface area contributed by atoms with Gasteiger partial charge in [-0.2, -0.15) is 13.2 Å². The predicted molar refractivity (Wildman–Crippen MR) is 103 cm³/mol. The zero-order valence-corrected chi connectivity index (χ0v) is 16.1. The topological polar surface area (TPSA) is 78.5 Å². The third-order valence-corrected chi connectivity index (χ3v) is 4.87. The summed E-state index contributed by atoms with van der Waals surface area (Å²) in [4.78, 5) is 38.8. The van der Waals surface area contributed by atoms with Crippen molar-refractivity contribution in [3.05, 3.63) is 65.7 Å². The van der Waals surface area contributed by atoms with Crippen LogP contribution in [-0.2, 0) is 21.3 Å². The van der Waals surface area contributed by atoms with Gasteiger partial charge >= 0.3 is 12.2 Å². The Labute approximate surface area is 171 Å². The molecule has 2 N–H and O–H groups in total. The van der Waals surface area contributed by atoms with Gasteiger partial charge in [0, 0.05) is 5.69 Å². The lowest BCUT2D eigenvalue weighted by atomic mass is 9.85. The first-order valence-corrected chi connectivity index (χ1v) is 9.34. The van der Waals surface area contributed by atoms with Crippen LogP contribution in [0.3, 0.4) is 0 Å². The lowest BCUT2D eigenvalue weighted by Gasteiger charge is -2.26. The van der Waals surface area contributed by atoms with Crippen molar-refractivity contribution in [2.75, 3.05) is 11.9 Å². The standard InChI is InChI=1S/C21H20F3N3O3/c1-2-12-20(14-6-4-3-5-7-14)18(29)27(19(30)26-20)13-17(28)25-16-10-8-15(9-11-16)21(22,23)24/h3-11H,2,12-13H2,1H3,(H,25,28)(H,26,30). The molecular formula is C21H20F3N3O3. The first-order chi connectivity index (χ1) is 14.2. The zero-order chi connectivity index (χ0) is 21.9. The van der Waals surface area contributed by atoms with Crippen LogP contribution in [0, 0.1) is 0 Å². The number of rotatable bonds is 6. The third kappa shape index (κ3) is 4.14. The van der Waals surface area contributed by atoms with Crippen molar-refractivity contribution in [1.29, 1.82) is 0 Å². The molecule has 1 fully saturated rings. The van der Waals surface area contributed by atoms with Crippen LogP contribution in [0.15, 0.2) is 54.6 Å². The van der Waals surface area contributed by atoms with E-state index in [1.54, 1.807) is 30.3 Å². The van der Waals surface area contributed by atoms with E-state index >= 15 is 0 Å². The summed E-state index contributed by atoms with van der Waals surface area (Å²) in [6.07, 6.45) is -3.51.